The van der Waals surface area contributed by atoms with E-state index in [9.17, 15) is 9.59 Å². The molecule has 9 heteroatoms. The molecule has 0 saturated heterocycles. The lowest BCUT2D eigenvalue weighted by Gasteiger charge is -2.08. The molecule has 4 rings (SSSR count). The predicted molar refractivity (Wildman–Crippen MR) is 119 cm³/mol. The normalized spacial score (nSPS) is 10.9. The number of anilines is 1. The van der Waals surface area contributed by atoms with Crippen molar-refractivity contribution < 1.29 is 9.53 Å². The number of ether oxygens (including phenoxy) is 1. The quantitative estimate of drug-likeness (QED) is 0.512. The van der Waals surface area contributed by atoms with Crippen molar-refractivity contribution in [1.82, 2.24) is 14.8 Å². The Morgan fingerprint density at radius 2 is 2.03 bits per heavy atom. The molecule has 0 spiro atoms. The first-order chi connectivity index (χ1) is 14.4. The van der Waals surface area contributed by atoms with Crippen molar-refractivity contribution in [3.8, 4) is 17.0 Å². The maximum atomic E-state index is 12.8. The first-order valence-corrected chi connectivity index (χ1v) is 10.2. The number of carbonyl (C=O) groups is 1. The highest BCUT2D eigenvalue weighted by molar-refractivity contribution is 7.14. The Kier molecular flexibility index (Phi) is 5.27. The van der Waals surface area contributed by atoms with Crippen molar-refractivity contribution in [2.45, 2.75) is 6.92 Å². The van der Waals surface area contributed by atoms with Gasteiger partial charge in [0.05, 0.1) is 23.7 Å². The molecule has 0 aliphatic rings. The Bertz CT molecular complexity index is 1350. The summed E-state index contributed by atoms with van der Waals surface area (Å²) in [6.45, 7) is 1.98. The third kappa shape index (κ3) is 3.67. The van der Waals surface area contributed by atoms with Crippen LogP contribution in [0.4, 0.5) is 5.13 Å². The number of benzene rings is 2. The van der Waals surface area contributed by atoms with Crippen LogP contribution in [0.2, 0.25) is 5.02 Å². The van der Waals surface area contributed by atoms with Crippen LogP contribution in [0, 0.1) is 6.92 Å². The van der Waals surface area contributed by atoms with E-state index < -0.39 is 11.3 Å². The second-order valence-electron chi connectivity index (χ2n) is 6.66. The molecule has 152 valence electrons. The molecule has 2 heterocycles. The van der Waals surface area contributed by atoms with Gasteiger partial charge >= 0.3 is 0 Å². The minimum Gasteiger partial charge on any atom is -0.496 e. The molecule has 0 fully saturated rings. The number of methoxy groups -OCH3 is 1. The molecular weight excluding hydrogens is 424 g/mol. The molecule has 1 amide bonds. The molecule has 0 unspecified atom stereocenters. The molecular formula is C21H17ClN4O3S. The molecule has 0 bridgehead atoms. The number of rotatable bonds is 4. The lowest BCUT2D eigenvalue weighted by atomic mass is 10.1. The zero-order valence-corrected chi connectivity index (χ0v) is 18.0. The average molecular weight is 441 g/mol. The summed E-state index contributed by atoms with van der Waals surface area (Å²) in [5, 5.41) is 9.72. The van der Waals surface area contributed by atoms with Gasteiger partial charge in [-0.1, -0.05) is 23.2 Å². The number of aryl methyl sites for hydroxylation is 2. The topological polar surface area (TPSA) is 86.1 Å². The van der Waals surface area contributed by atoms with E-state index in [1.54, 1.807) is 26.3 Å². The Morgan fingerprint density at radius 1 is 1.23 bits per heavy atom. The third-order valence-corrected chi connectivity index (χ3v) is 5.58. The van der Waals surface area contributed by atoms with Crippen LogP contribution < -0.4 is 15.5 Å². The first-order valence-electron chi connectivity index (χ1n) is 8.96. The van der Waals surface area contributed by atoms with Crippen LogP contribution in [0.25, 0.3) is 22.2 Å². The van der Waals surface area contributed by atoms with Crippen molar-refractivity contribution >= 4 is 44.9 Å². The van der Waals surface area contributed by atoms with E-state index >= 15 is 0 Å². The summed E-state index contributed by atoms with van der Waals surface area (Å²) < 4.78 is 6.89. The summed E-state index contributed by atoms with van der Waals surface area (Å²) in [6.07, 6.45) is 0. The third-order valence-electron chi connectivity index (χ3n) is 4.59. The summed E-state index contributed by atoms with van der Waals surface area (Å²) in [6, 6.07) is 10.7. The number of hydrogen-bond donors (Lipinski definition) is 1. The van der Waals surface area contributed by atoms with Crippen LogP contribution in [0.1, 0.15) is 16.1 Å². The van der Waals surface area contributed by atoms with Crippen molar-refractivity contribution in [2.75, 3.05) is 12.4 Å². The second-order valence-corrected chi connectivity index (χ2v) is 7.95. The van der Waals surface area contributed by atoms with E-state index in [0.29, 0.717) is 32.5 Å². The molecule has 0 atom stereocenters. The lowest BCUT2D eigenvalue weighted by molar-refractivity contribution is 0.101. The summed E-state index contributed by atoms with van der Waals surface area (Å²) in [5.41, 5.74) is 2.43. The van der Waals surface area contributed by atoms with Gasteiger partial charge in [-0.2, -0.15) is 5.10 Å². The fourth-order valence-electron chi connectivity index (χ4n) is 3.13. The van der Waals surface area contributed by atoms with Gasteiger partial charge in [-0.25, -0.2) is 4.98 Å². The van der Waals surface area contributed by atoms with Gasteiger partial charge in [-0.15, -0.1) is 11.3 Å². The van der Waals surface area contributed by atoms with E-state index in [-0.39, 0.29) is 5.69 Å². The van der Waals surface area contributed by atoms with Crippen LogP contribution >= 0.6 is 22.9 Å². The molecule has 0 radical (unpaired) electrons. The molecule has 0 saturated carbocycles. The molecule has 0 aliphatic carbocycles. The number of hydrogen-bond acceptors (Lipinski definition) is 6. The van der Waals surface area contributed by atoms with Gasteiger partial charge in [0.2, 0.25) is 5.43 Å². The summed E-state index contributed by atoms with van der Waals surface area (Å²) >= 11 is 7.27. The maximum Gasteiger partial charge on any atom is 0.281 e. The van der Waals surface area contributed by atoms with Gasteiger partial charge in [0.25, 0.3) is 5.91 Å². The first kappa shape index (κ1) is 20.1. The van der Waals surface area contributed by atoms with E-state index in [1.165, 1.54) is 22.1 Å². The van der Waals surface area contributed by atoms with Gasteiger partial charge in [0.1, 0.15) is 5.75 Å². The molecule has 30 heavy (non-hydrogen) atoms. The summed E-state index contributed by atoms with van der Waals surface area (Å²) in [5.74, 6) is 0.0558. The van der Waals surface area contributed by atoms with Gasteiger partial charge in [-0.3, -0.25) is 19.6 Å². The Labute approximate surface area is 180 Å². The molecule has 2 aromatic heterocycles. The highest BCUT2D eigenvalue weighted by Gasteiger charge is 2.19. The zero-order valence-electron chi connectivity index (χ0n) is 16.4. The molecule has 4 aromatic rings. The van der Waals surface area contributed by atoms with E-state index in [0.717, 1.165) is 11.1 Å². The smallest absolute Gasteiger partial charge is 0.281 e. The number of aromatic nitrogens is 3. The van der Waals surface area contributed by atoms with Crippen molar-refractivity contribution in [3.63, 3.8) is 0 Å². The zero-order chi connectivity index (χ0) is 21.4. The fourth-order valence-corrected chi connectivity index (χ4v) is 4.01. The number of nitrogens with zero attached hydrogens (tertiary/aromatic N) is 3. The number of carbonyl (C=O) groups excluding carboxylic acids is 1. The molecule has 7 nitrogen and oxygen atoms in total. The fraction of sp³-hybridized carbons (Fsp3) is 0.143. The number of halogens is 1. The SMILES string of the molecule is COc1ccc(C)cc1-c1csc(NC(=O)c2nn(C)c3ccc(Cl)cc3c2=O)n1. The summed E-state index contributed by atoms with van der Waals surface area (Å²) in [7, 11) is 3.26. The van der Waals surface area contributed by atoms with Gasteiger partial charge in [0, 0.05) is 23.0 Å². The number of fused-ring (bicyclic) bond motifs is 1. The largest absolute Gasteiger partial charge is 0.496 e. The molecule has 0 aliphatic heterocycles. The van der Waals surface area contributed by atoms with Gasteiger partial charge in [-0.05, 0) is 37.3 Å². The van der Waals surface area contributed by atoms with Crippen molar-refractivity contribution in [1.29, 1.82) is 0 Å². The summed E-state index contributed by atoms with van der Waals surface area (Å²) in [4.78, 5) is 30.0. The highest BCUT2D eigenvalue weighted by atomic mass is 35.5. The molecule has 1 N–H and O–H groups in total. The van der Waals surface area contributed by atoms with E-state index in [1.807, 2.05) is 30.5 Å². The standard InChI is InChI=1S/C21H17ClN4O3S/c1-11-4-7-17(29-3)13(8-11)15-10-30-21(23-15)24-20(28)18-19(27)14-9-12(22)5-6-16(14)26(2)25-18/h4-10H,1-3H3,(H,23,24,28). The highest BCUT2D eigenvalue weighted by Crippen LogP contribution is 2.33. The van der Waals surface area contributed by atoms with Crippen LogP contribution in [0.5, 0.6) is 5.75 Å². The van der Waals surface area contributed by atoms with Crippen LogP contribution in [0.3, 0.4) is 0 Å². The van der Waals surface area contributed by atoms with E-state index in [4.69, 9.17) is 16.3 Å². The lowest BCUT2D eigenvalue weighted by Crippen LogP contribution is -2.26. The van der Waals surface area contributed by atoms with Gasteiger partial charge < -0.3 is 4.74 Å². The Hall–Kier alpha value is -3.23. The Balaban J connectivity index is 1.67. The second kappa shape index (κ2) is 7.89. The monoisotopic (exact) mass is 440 g/mol. The predicted octanol–water partition coefficient (Wildman–Crippen LogP) is 4.28. The maximum absolute atomic E-state index is 12.8. The minimum atomic E-state index is -0.630. The van der Waals surface area contributed by atoms with Crippen LogP contribution in [0.15, 0.2) is 46.6 Å². The van der Waals surface area contributed by atoms with Crippen LogP contribution in [-0.4, -0.2) is 27.8 Å². The van der Waals surface area contributed by atoms with Crippen LogP contribution in [-0.2, 0) is 7.05 Å². The molecule has 2 aromatic carbocycles. The number of nitrogens with one attached hydrogen (secondary N) is 1. The van der Waals surface area contributed by atoms with E-state index in [2.05, 4.69) is 15.4 Å². The minimum absolute atomic E-state index is 0.225. The number of thiazole rings is 1. The van der Waals surface area contributed by atoms with Crippen molar-refractivity contribution in [2.24, 2.45) is 7.05 Å². The van der Waals surface area contributed by atoms with Crippen molar-refractivity contribution in [3.05, 3.63) is 68.3 Å². The van der Waals surface area contributed by atoms with Gasteiger partial charge in [0.15, 0.2) is 10.8 Å². The average Bonchev–Trinajstić information content (AvgIpc) is 3.18. The Morgan fingerprint density at radius 3 is 2.80 bits per heavy atom. The number of amides is 1.